The van der Waals surface area contributed by atoms with Gasteiger partial charge in [0.1, 0.15) is 5.15 Å². The van der Waals surface area contributed by atoms with E-state index in [1.54, 1.807) is 0 Å². The molecule has 2 rings (SSSR count). The largest absolute Gasteiger partial charge is 0.303 e. The topological polar surface area (TPSA) is 62.3 Å². The Bertz CT molecular complexity index is 542. The fourth-order valence-electron chi connectivity index (χ4n) is 2.43. The molecule has 2 heterocycles. The van der Waals surface area contributed by atoms with Crippen molar-refractivity contribution in [2.24, 2.45) is 0 Å². The molecular weight excluding hydrogens is 298 g/mol. The van der Waals surface area contributed by atoms with E-state index in [-0.39, 0.29) is 16.1 Å². The van der Waals surface area contributed by atoms with Gasteiger partial charge in [-0.2, -0.15) is 0 Å². The van der Waals surface area contributed by atoms with Crippen LogP contribution in [0.25, 0.3) is 0 Å². The van der Waals surface area contributed by atoms with Crippen molar-refractivity contribution in [1.82, 2.24) is 14.6 Å². The van der Waals surface area contributed by atoms with Gasteiger partial charge < -0.3 is 4.90 Å². The highest BCUT2D eigenvalue weighted by Crippen LogP contribution is 2.16. The first kappa shape index (κ1) is 15.7. The molecule has 0 radical (unpaired) electrons. The van der Waals surface area contributed by atoms with Crippen molar-refractivity contribution in [3.63, 3.8) is 0 Å². The van der Waals surface area contributed by atoms with E-state index in [0.29, 0.717) is 0 Å². The van der Waals surface area contributed by atoms with Gasteiger partial charge in [-0.05, 0) is 51.0 Å². The Balaban J connectivity index is 1.96. The van der Waals surface area contributed by atoms with Crippen LogP contribution in [0.2, 0.25) is 5.15 Å². The molecule has 0 amide bonds. The normalized spacial score (nSPS) is 18.3. The standard InChI is InChI=1S/C13H20ClN3O2S/c1-2-7-17-8-4-11(5-9-17)16-20(18,19)12-3-6-15-13(14)10-12/h3,6,10-11,16H,2,4-5,7-9H2,1H3. The van der Waals surface area contributed by atoms with E-state index in [4.69, 9.17) is 11.6 Å². The van der Waals surface area contributed by atoms with Crippen molar-refractivity contribution in [2.45, 2.75) is 37.1 Å². The lowest BCUT2D eigenvalue weighted by Gasteiger charge is -2.31. The summed E-state index contributed by atoms with van der Waals surface area (Å²) in [7, 11) is -3.51. The number of aromatic nitrogens is 1. The lowest BCUT2D eigenvalue weighted by Crippen LogP contribution is -2.44. The van der Waals surface area contributed by atoms with Gasteiger partial charge in [0.25, 0.3) is 0 Å². The van der Waals surface area contributed by atoms with Gasteiger partial charge in [-0.1, -0.05) is 18.5 Å². The molecule has 20 heavy (non-hydrogen) atoms. The molecule has 0 spiro atoms. The molecule has 0 saturated carbocycles. The molecule has 0 aromatic carbocycles. The third kappa shape index (κ3) is 4.15. The Labute approximate surface area is 125 Å². The SMILES string of the molecule is CCCN1CCC(NS(=O)(=O)c2ccnc(Cl)c2)CC1. The highest BCUT2D eigenvalue weighted by atomic mass is 35.5. The molecule has 0 aliphatic carbocycles. The molecule has 1 aliphatic heterocycles. The van der Waals surface area contributed by atoms with E-state index in [0.717, 1.165) is 38.9 Å². The smallest absolute Gasteiger partial charge is 0.240 e. The summed E-state index contributed by atoms with van der Waals surface area (Å²) in [6, 6.07) is 2.83. The van der Waals surface area contributed by atoms with Crippen molar-refractivity contribution in [3.05, 3.63) is 23.5 Å². The zero-order chi connectivity index (χ0) is 14.6. The van der Waals surface area contributed by atoms with Crippen LogP contribution in [0.4, 0.5) is 0 Å². The van der Waals surface area contributed by atoms with E-state index in [9.17, 15) is 8.42 Å². The molecule has 1 aromatic heterocycles. The summed E-state index contributed by atoms with van der Waals surface area (Å²) >= 11 is 5.74. The summed E-state index contributed by atoms with van der Waals surface area (Å²) in [6.45, 7) is 5.12. The average Bonchev–Trinajstić information content (AvgIpc) is 2.41. The lowest BCUT2D eigenvalue weighted by molar-refractivity contribution is 0.208. The zero-order valence-corrected chi connectivity index (χ0v) is 13.1. The summed E-state index contributed by atoms with van der Waals surface area (Å²) in [5.41, 5.74) is 0. The molecule has 0 atom stereocenters. The first-order valence-electron chi connectivity index (χ1n) is 6.87. The molecular formula is C13H20ClN3O2S. The summed E-state index contributed by atoms with van der Waals surface area (Å²) in [4.78, 5) is 6.34. The number of hydrogen-bond donors (Lipinski definition) is 1. The third-order valence-corrected chi connectivity index (χ3v) is 5.18. The minimum atomic E-state index is -3.51. The van der Waals surface area contributed by atoms with E-state index in [1.807, 2.05) is 0 Å². The first-order chi connectivity index (χ1) is 9.51. The van der Waals surface area contributed by atoms with Gasteiger partial charge in [0.2, 0.25) is 10.0 Å². The quantitative estimate of drug-likeness (QED) is 0.842. The predicted octanol–water partition coefficient (Wildman–Crippen LogP) is 1.89. The van der Waals surface area contributed by atoms with Crippen LogP contribution >= 0.6 is 11.6 Å². The van der Waals surface area contributed by atoms with Gasteiger partial charge >= 0.3 is 0 Å². The van der Waals surface area contributed by atoms with E-state index in [1.165, 1.54) is 18.3 Å². The molecule has 0 unspecified atom stereocenters. The maximum absolute atomic E-state index is 12.2. The van der Waals surface area contributed by atoms with E-state index in [2.05, 4.69) is 21.5 Å². The van der Waals surface area contributed by atoms with Gasteiger partial charge in [-0.15, -0.1) is 0 Å². The number of nitrogens with one attached hydrogen (secondary N) is 1. The monoisotopic (exact) mass is 317 g/mol. The Morgan fingerprint density at radius 2 is 2.15 bits per heavy atom. The van der Waals surface area contributed by atoms with Gasteiger partial charge in [0.05, 0.1) is 4.90 Å². The van der Waals surface area contributed by atoms with Gasteiger partial charge in [0.15, 0.2) is 0 Å². The molecule has 1 fully saturated rings. The molecule has 5 nitrogen and oxygen atoms in total. The second kappa shape index (κ2) is 6.85. The number of piperidine rings is 1. The molecule has 1 aromatic rings. The minimum absolute atomic E-state index is 0.0000435. The second-order valence-electron chi connectivity index (χ2n) is 5.05. The maximum atomic E-state index is 12.2. The molecule has 1 N–H and O–H groups in total. The number of hydrogen-bond acceptors (Lipinski definition) is 4. The van der Waals surface area contributed by atoms with Crippen LogP contribution in [0.3, 0.4) is 0 Å². The summed E-state index contributed by atoms with van der Waals surface area (Å²) in [5.74, 6) is 0. The fraction of sp³-hybridized carbons (Fsp3) is 0.615. The van der Waals surface area contributed by atoms with Crippen molar-refractivity contribution in [1.29, 1.82) is 0 Å². The Morgan fingerprint density at radius 1 is 1.45 bits per heavy atom. The van der Waals surface area contributed by atoms with Crippen LogP contribution in [0.1, 0.15) is 26.2 Å². The Hall–Kier alpha value is -0.690. The number of halogens is 1. The molecule has 0 bridgehead atoms. The molecule has 1 aliphatic rings. The average molecular weight is 318 g/mol. The van der Waals surface area contributed by atoms with Crippen molar-refractivity contribution in [2.75, 3.05) is 19.6 Å². The van der Waals surface area contributed by atoms with Crippen molar-refractivity contribution in [3.8, 4) is 0 Å². The van der Waals surface area contributed by atoms with Gasteiger partial charge in [-0.25, -0.2) is 18.1 Å². The molecule has 112 valence electrons. The maximum Gasteiger partial charge on any atom is 0.240 e. The predicted molar refractivity (Wildman–Crippen MR) is 79.3 cm³/mol. The fourth-order valence-corrected chi connectivity index (χ4v) is 3.99. The molecule has 1 saturated heterocycles. The van der Waals surface area contributed by atoms with Crippen LogP contribution in [0.15, 0.2) is 23.2 Å². The zero-order valence-electron chi connectivity index (χ0n) is 11.5. The lowest BCUT2D eigenvalue weighted by atomic mass is 10.1. The van der Waals surface area contributed by atoms with Crippen LogP contribution in [-0.2, 0) is 10.0 Å². The van der Waals surface area contributed by atoms with Gasteiger partial charge in [-0.3, -0.25) is 0 Å². The number of nitrogens with zero attached hydrogens (tertiary/aromatic N) is 2. The highest BCUT2D eigenvalue weighted by molar-refractivity contribution is 7.89. The number of sulfonamides is 1. The van der Waals surface area contributed by atoms with Crippen LogP contribution in [0.5, 0.6) is 0 Å². The Kier molecular flexibility index (Phi) is 5.37. The van der Waals surface area contributed by atoms with Crippen molar-refractivity contribution >= 4 is 21.6 Å². The van der Waals surface area contributed by atoms with Crippen LogP contribution < -0.4 is 4.72 Å². The van der Waals surface area contributed by atoms with Crippen LogP contribution in [0, 0.1) is 0 Å². The number of pyridine rings is 1. The summed E-state index contributed by atoms with van der Waals surface area (Å²) < 4.78 is 27.3. The minimum Gasteiger partial charge on any atom is -0.303 e. The van der Waals surface area contributed by atoms with Crippen molar-refractivity contribution < 1.29 is 8.42 Å². The van der Waals surface area contributed by atoms with E-state index >= 15 is 0 Å². The highest BCUT2D eigenvalue weighted by Gasteiger charge is 2.24. The van der Waals surface area contributed by atoms with E-state index < -0.39 is 10.0 Å². The Morgan fingerprint density at radius 3 is 2.75 bits per heavy atom. The van der Waals surface area contributed by atoms with Gasteiger partial charge in [0, 0.05) is 12.2 Å². The first-order valence-corrected chi connectivity index (χ1v) is 8.73. The third-order valence-electron chi connectivity index (χ3n) is 3.46. The summed E-state index contributed by atoms with van der Waals surface area (Å²) in [5, 5.41) is 0.186. The molecule has 7 heteroatoms. The second-order valence-corrected chi connectivity index (χ2v) is 7.15. The van der Waals surface area contributed by atoms with Crippen LogP contribution in [-0.4, -0.2) is 44.0 Å². The summed E-state index contributed by atoms with van der Waals surface area (Å²) in [6.07, 6.45) is 4.22. The number of rotatable bonds is 5. The number of likely N-dealkylation sites (tertiary alicyclic amines) is 1.